The van der Waals surface area contributed by atoms with Gasteiger partial charge < -0.3 is 4.90 Å². The van der Waals surface area contributed by atoms with Gasteiger partial charge >= 0.3 is 14.1 Å². The fourth-order valence-electron chi connectivity index (χ4n) is 2.79. The van der Waals surface area contributed by atoms with E-state index in [0.717, 1.165) is 0 Å². The van der Waals surface area contributed by atoms with E-state index in [1.807, 2.05) is 0 Å². The van der Waals surface area contributed by atoms with Gasteiger partial charge in [-0.1, -0.05) is 54.7 Å². The Kier molecular flexibility index (Phi) is 4.32. The number of fused-ring (bicyclic) bond motifs is 1. The fraction of sp³-hybridized carbons (Fsp3) is 0.375. The van der Waals surface area contributed by atoms with Crippen LogP contribution in [-0.4, -0.2) is 28.2 Å². The third-order valence-corrected chi connectivity index (χ3v) is 7.15. The Labute approximate surface area is 115 Å². The molecule has 0 bridgehead atoms. The third-order valence-electron chi connectivity index (χ3n) is 3.82. The lowest BCUT2D eigenvalue weighted by atomic mass is 10.1. The molecule has 0 heterocycles. The number of rotatable bonds is 4. The zero-order valence-corrected chi connectivity index (χ0v) is 13.1. The van der Waals surface area contributed by atoms with Crippen LogP contribution in [0.2, 0.25) is 10.6 Å². The minimum Gasteiger partial charge on any atom is -0.377 e. The molecule has 0 aliphatic rings. The lowest BCUT2D eigenvalue weighted by Gasteiger charge is -2.20. The Morgan fingerprint density at radius 2 is 1.56 bits per heavy atom. The second-order valence-corrected chi connectivity index (χ2v) is 8.78. The van der Waals surface area contributed by atoms with Gasteiger partial charge in [-0.2, -0.15) is 0 Å². The molecule has 2 aromatic rings. The Hall–Kier alpha value is -0.968. The van der Waals surface area contributed by atoms with E-state index in [1.165, 1.54) is 27.0 Å². The molecule has 0 amide bonds. The summed E-state index contributed by atoms with van der Waals surface area (Å²) < 4.78 is 1.64. The standard InChI is InChI=1S/C12H12N.2C2H5.Al/c1-13(2)12-9-5-7-10-6-3-4-8-11(10)12;2*1-2;/h3-7,9H,1-2H3;2*1H2,2H3;. The lowest BCUT2D eigenvalue weighted by Crippen LogP contribution is -2.29. The molecular formula is C16H22AlN. The average Bonchev–Trinajstić information content (AvgIpc) is 2.39. The summed E-state index contributed by atoms with van der Waals surface area (Å²) >= 11 is -0.797. The van der Waals surface area contributed by atoms with Crippen molar-refractivity contribution in [3.05, 3.63) is 36.4 Å². The van der Waals surface area contributed by atoms with Crippen LogP contribution in [-0.2, 0) is 0 Å². The predicted molar refractivity (Wildman–Crippen MR) is 84.6 cm³/mol. The van der Waals surface area contributed by atoms with Crippen LogP contribution < -0.4 is 9.33 Å². The maximum absolute atomic E-state index is 2.36. The third kappa shape index (κ3) is 2.41. The van der Waals surface area contributed by atoms with E-state index in [9.17, 15) is 0 Å². The van der Waals surface area contributed by atoms with Gasteiger partial charge in [0.1, 0.15) is 0 Å². The highest BCUT2D eigenvalue weighted by Crippen LogP contribution is 2.25. The highest BCUT2D eigenvalue weighted by molar-refractivity contribution is 6.75. The summed E-state index contributed by atoms with van der Waals surface area (Å²) in [5, 5.41) is 5.57. The Balaban J connectivity index is 2.73. The minimum atomic E-state index is -0.797. The molecule has 0 N–H and O–H groups in total. The van der Waals surface area contributed by atoms with Gasteiger partial charge in [0.25, 0.3) is 0 Å². The van der Waals surface area contributed by atoms with Gasteiger partial charge in [0, 0.05) is 19.8 Å². The maximum Gasteiger partial charge on any atom is 0.306 e. The highest BCUT2D eigenvalue weighted by Gasteiger charge is 2.19. The van der Waals surface area contributed by atoms with Crippen LogP contribution in [0.3, 0.4) is 0 Å². The molecule has 0 saturated heterocycles. The van der Waals surface area contributed by atoms with E-state index in [-0.39, 0.29) is 0 Å². The molecule has 0 aliphatic heterocycles. The first kappa shape index (κ1) is 13.5. The van der Waals surface area contributed by atoms with Crippen molar-refractivity contribution in [3.8, 4) is 0 Å². The fourth-order valence-corrected chi connectivity index (χ4v) is 5.35. The van der Waals surface area contributed by atoms with Crippen LogP contribution in [0.1, 0.15) is 13.8 Å². The Morgan fingerprint density at radius 1 is 0.944 bits per heavy atom. The highest BCUT2D eigenvalue weighted by atomic mass is 27.2. The van der Waals surface area contributed by atoms with Crippen molar-refractivity contribution in [2.24, 2.45) is 0 Å². The number of benzene rings is 2. The topological polar surface area (TPSA) is 3.24 Å². The summed E-state index contributed by atoms with van der Waals surface area (Å²) in [7, 11) is 4.28. The first-order valence-corrected chi connectivity index (χ1v) is 9.09. The number of anilines is 1. The molecule has 0 saturated carbocycles. The van der Waals surface area contributed by atoms with E-state index >= 15 is 0 Å². The summed E-state index contributed by atoms with van der Waals surface area (Å²) in [5.74, 6) is 0. The largest absolute Gasteiger partial charge is 0.377 e. The van der Waals surface area contributed by atoms with E-state index in [0.29, 0.717) is 0 Å². The smallest absolute Gasteiger partial charge is 0.306 e. The zero-order chi connectivity index (χ0) is 13.1. The summed E-state index contributed by atoms with van der Waals surface area (Å²) in [5.41, 5.74) is 1.36. The minimum absolute atomic E-state index is 0.797. The molecule has 0 aliphatic carbocycles. The van der Waals surface area contributed by atoms with E-state index in [4.69, 9.17) is 0 Å². The summed E-state index contributed by atoms with van der Waals surface area (Å²) in [6.07, 6.45) is 0. The normalized spacial score (nSPS) is 10.7. The van der Waals surface area contributed by atoms with Gasteiger partial charge in [0.15, 0.2) is 0 Å². The van der Waals surface area contributed by atoms with Crippen molar-refractivity contribution in [2.75, 3.05) is 19.0 Å². The van der Waals surface area contributed by atoms with Crippen molar-refractivity contribution >= 4 is 35.0 Å². The number of nitrogens with zero attached hydrogens (tertiary/aromatic N) is 1. The van der Waals surface area contributed by atoms with Crippen molar-refractivity contribution < 1.29 is 0 Å². The molecule has 0 fully saturated rings. The predicted octanol–water partition coefficient (Wildman–Crippen LogP) is 3.65. The summed E-state index contributed by atoms with van der Waals surface area (Å²) in [6, 6.07) is 13.5. The van der Waals surface area contributed by atoms with Crippen LogP contribution in [0.25, 0.3) is 10.8 Å². The van der Waals surface area contributed by atoms with Crippen LogP contribution >= 0.6 is 0 Å². The molecule has 0 spiro atoms. The summed E-state index contributed by atoms with van der Waals surface area (Å²) in [4.78, 5) is 2.24. The molecule has 2 aromatic carbocycles. The van der Waals surface area contributed by atoms with E-state index in [1.54, 1.807) is 4.43 Å². The van der Waals surface area contributed by atoms with Crippen LogP contribution in [0.4, 0.5) is 5.69 Å². The average molecular weight is 255 g/mol. The molecular weight excluding hydrogens is 233 g/mol. The van der Waals surface area contributed by atoms with Crippen molar-refractivity contribution in [1.29, 1.82) is 0 Å². The van der Waals surface area contributed by atoms with Gasteiger partial charge in [-0.05, 0) is 16.8 Å². The van der Waals surface area contributed by atoms with Crippen LogP contribution in [0.5, 0.6) is 0 Å². The first-order valence-electron chi connectivity index (χ1n) is 6.88. The number of hydrogen-bond donors (Lipinski definition) is 0. The summed E-state index contributed by atoms with van der Waals surface area (Å²) in [6.45, 7) is 4.69. The van der Waals surface area contributed by atoms with Gasteiger partial charge in [-0.15, -0.1) is 4.43 Å². The molecule has 0 radical (unpaired) electrons. The van der Waals surface area contributed by atoms with E-state index < -0.39 is 14.1 Å². The van der Waals surface area contributed by atoms with Crippen LogP contribution in [0.15, 0.2) is 36.4 Å². The quantitative estimate of drug-likeness (QED) is 0.754. The van der Waals surface area contributed by atoms with Gasteiger partial charge in [0.2, 0.25) is 0 Å². The second-order valence-electron chi connectivity index (χ2n) is 5.13. The lowest BCUT2D eigenvalue weighted by molar-refractivity contribution is 1.14. The number of hydrogen-bond acceptors (Lipinski definition) is 1. The molecule has 18 heavy (non-hydrogen) atoms. The molecule has 1 nitrogen and oxygen atoms in total. The van der Waals surface area contributed by atoms with E-state index in [2.05, 4.69) is 69.2 Å². The van der Waals surface area contributed by atoms with Crippen LogP contribution in [0, 0.1) is 0 Å². The monoisotopic (exact) mass is 255 g/mol. The molecule has 2 rings (SSSR count). The van der Waals surface area contributed by atoms with Crippen molar-refractivity contribution in [3.63, 3.8) is 0 Å². The molecule has 0 atom stereocenters. The molecule has 0 unspecified atom stereocenters. The van der Waals surface area contributed by atoms with Gasteiger partial charge in [0.05, 0.1) is 0 Å². The SMILES string of the molecule is C[CH2][Al]([CH2]C)[c]1cccc2cccc(N(C)C)c12. The zero-order valence-electron chi connectivity index (χ0n) is 11.9. The Morgan fingerprint density at radius 3 is 2.11 bits per heavy atom. The Bertz CT molecular complexity index is 524. The first-order chi connectivity index (χ1) is 8.69. The second kappa shape index (κ2) is 5.78. The van der Waals surface area contributed by atoms with Crippen molar-refractivity contribution in [1.82, 2.24) is 0 Å². The molecule has 2 heteroatoms. The maximum atomic E-state index is 2.36. The molecule has 94 valence electrons. The van der Waals surface area contributed by atoms with Crippen molar-refractivity contribution in [2.45, 2.75) is 24.4 Å². The van der Waals surface area contributed by atoms with Gasteiger partial charge in [-0.25, -0.2) is 0 Å². The van der Waals surface area contributed by atoms with Gasteiger partial charge in [-0.3, -0.25) is 0 Å². The molecule has 0 aromatic heterocycles.